The van der Waals surface area contributed by atoms with Crippen LogP contribution in [0.15, 0.2) is 35.2 Å². The van der Waals surface area contributed by atoms with Crippen LogP contribution in [0.25, 0.3) is 0 Å². The standard InChI is InChI=1S/C11H12ClN3O/c1-8(9-2-3-11(12)14-6-9)13-7-10-4-5-16-15-10/h2-6,8,13H,7H2,1H3. The first kappa shape index (κ1) is 11.1. The molecular weight excluding hydrogens is 226 g/mol. The Balaban J connectivity index is 1.93. The Morgan fingerprint density at radius 3 is 2.94 bits per heavy atom. The number of aromatic nitrogens is 2. The van der Waals surface area contributed by atoms with E-state index in [0.29, 0.717) is 11.7 Å². The van der Waals surface area contributed by atoms with Crippen LogP contribution in [0.3, 0.4) is 0 Å². The van der Waals surface area contributed by atoms with Crippen LogP contribution >= 0.6 is 11.6 Å². The summed E-state index contributed by atoms with van der Waals surface area (Å²) in [6.07, 6.45) is 3.33. The second kappa shape index (κ2) is 5.09. The van der Waals surface area contributed by atoms with Gasteiger partial charge in [-0.25, -0.2) is 4.98 Å². The third kappa shape index (κ3) is 2.81. The van der Waals surface area contributed by atoms with E-state index < -0.39 is 0 Å². The zero-order valence-electron chi connectivity index (χ0n) is 8.85. The molecule has 0 amide bonds. The van der Waals surface area contributed by atoms with Crippen molar-refractivity contribution in [3.05, 3.63) is 47.1 Å². The predicted octanol–water partition coefficient (Wildman–Crippen LogP) is 2.57. The lowest BCUT2D eigenvalue weighted by Crippen LogP contribution is -2.18. The van der Waals surface area contributed by atoms with E-state index in [9.17, 15) is 0 Å². The summed E-state index contributed by atoms with van der Waals surface area (Å²) in [5.74, 6) is 0. The Hall–Kier alpha value is -1.39. The zero-order valence-corrected chi connectivity index (χ0v) is 9.61. The first-order chi connectivity index (χ1) is 7.75. The van der Waals surface area contributed by atoms with Crippen molar-refractivity contribution < 1.29 is 4.52 Å². The smallest absolute Gasteiger partial charge is 0.129 e. The lowest BCUT2D eigenvalue weighted by atomic mass is 10.1. The minimum absolute atomic E-state index is 0.196. The average molecular weight is 238 g/mol. The van der Waals surface area contributed by atoms with Crippen LogP contribution in [0.4, 0.5) is 0 Å². The fourth-order valence-electron chi connectivity index (χ4n) is 1.35. The maximum Gasteiger partial charge on any atom is 0.129 e. The summed E-state index contributed by atoms with van der Waals surface area (Å²) in [5.41, 5.74) is 1.97. The normalized spacial score (nSPS) is 12.6. The molecule has 0 spiro atoms. The molecule has 1 N–H and O–H groups in total. The van der Waals surface area contributed by atoms with Crippen LogP contribution in [0, 0.1) is 0 Å². The second-order valence-electron chi connectivity index (χ2n) is 3.51. The highest BCUT2D eigenvalue weighted by Gasteiger charge is 2.06. The molecule has 0 aliphatic heterocycles. The fourth-order valence-corrected chi connectivity index (χ4v) is 1.46. The van der Waals surface area contributed by atoms with Crippen molar-refractivity contribution in [1.29, 1.82) is 0 Å². The fraction of sp³-hybridized carbons (Fsp3) is 0.273. The van der Waals surface area contributed by atoms with E-state index in [2.05, 4.69) is 22.4 Å². The largest absolute Gasteiger partial charge is 0.364 e. The van der Waals surface area contributed by atoms with Gasteiger partial charge in [0.05, 0.1) is 5.69 Å². The van der Waals surface area contributed by atoms with Crippen molar-refractivity contribution in [2.45, 2.75) is 19.5 Å². The highest BCUT2D eigenvalue weighted by molar-refractivity contribution is 6.29. The molecule has 0 radical (unpaired) electrons. The highest BCUT2D eigenvalue weighted by atomic mass is 35.5. The summed E-state index contributed by atoms with van der Waals surface area (Å²) < 4.78 is 4.75. The third-order valence-corrected chi connectivity index (χ3v) is 2.55. The van der Waals surface area contributed by atoms with Crippen LogP contribution in [0.1, 0.15) is 24.2 Å². The first-order valence-electron chi connectivity index (χ1n) is 5.00. The lowest BCUT2D eigenvalue weighted by Gasteiger charge is -2.12. The molecule has 1 unspecified atom stereocenters. The van der Waals surface area contributed by atoms with E-state index in [-0.39, 0.29) is 6.04 Å². The Bertz CT molecular complexity index is 427. The van der Waals surface area contributed by atoms with Crippen molar-refractivity contribution in [2.24, 2.45) is 0 Å². The summed E-state index contributed by atoms with van der Waals surface area (Å²) >= 11 is 5.72. The van der Waals surface area contributed by atoms with Gasteiger partial charge in [0.15, 0.2) is 0 Å². The third-order valence-electron chi connectivity index (χ3n) is 2.33. The average Bonchev–Trinajstić information content (AvgIpc) is 2.80. The predicted molar refractivity (Wildman–Crippen MR) is 61.0 cm³/mol. The van der Waals surface area contributed by atoms with Crippen LogP contribution < -0.4 is 5.32 Å². The molecule has 2 aromatic rings. The molecule has 5 heteroatoms. The topological polar surface area (TPSA) is 51.0 Å². The monoisotopic (exact) mass is 237 g/mol. The molecular formula is C11H12ClN3O. The Morgan fingerprint density at radius 2 is 2.31 bits per heavy atom. The van der Waals surface area contributed by atoms with Crippen molar-refractivity contribution in [3.8, 4) is 0 Å². The van der Waals surface area contributed by atoms with Crippen LogP contribution in [0.2, 0.25) is 5.15 Å². The van der Waals surface area contributed by atoms with Crippen LogP contribution in [0.5, 0.6) is 0 Å². The van der Waals surface area contributed by atoms with Gasteiger partial charge in [-0.3, -0.25) is 0 Å². The van der Waals surface area contributed by atoms with Gasteiger partial charge in [0.2, 0.25) is 0 Å². The molecule has 0 aliphatic carbocycles. The number of nitrogens with zero attached hydrogens (tertiary/aromatic N) is 2. The van der Waals surface area contributed by atoms with E-state index in [1.165, 1.54) is 0 Å². The second-order valence-corrected chi connectivity index (χ2v) is 3.89. The first-order valence-corrected chi connectivity index (χ1v) is 5.37. The molecule has 2 heterocycles. The number of pyridine rings is 1. The van der Waals surface area contributed by atoms with Gasteiger partial charge >= 0.3 is 0 Å². The zero-order chi connectivity index (χ0) is 11.4. The molecule has 2 rings (SSSR count). The van der Waals surface area contributed by atoms with E-state index in [1.54, 1.807) is 18.5 Å². The Morgan fingerprint density at radius 1 is 1.44 bits per heavy atom. The maximum absolute atomic E-state index is 5.72. The molecule has 4 nitrogen and oxygen atoms in total. The Labute approximate surface area is 98.6 Å². The highest BCUT2D eigenvalue weighted by Crippen LogP contribution is 2.13. The summed E-state index contributed by atoms with van der Waals surface area (Å²) in [7, 11) is 0. The molecule has 0 fully saturated rings. The minimum Gasteiger partial charge on any atom is -0.364 e. The van der Waals surface area contributed by atoms with Gasteiger partial charge in [0.25, 0.3) is 0 Å². The van der Waals surface area contributed by atoms with Gasteiger partial charge in [-0.05, 0) is 18.6 Å². The number of hydrogen-bond donors (Lipinski definition) is 1. The SMILES string of the molecule is CC(NCc1ccon1)c1ccc(Cl)nc1. The van der Waals surface area contributed by atoms with Gasteiger partial charge in [0, 0.05) is 24.8 Å². The number of hydrogen-bond acceptors (Lipinski definition) is 4. The molecule has 0 aromatic carbocycles. The van der Waals surface area contributed by atoms with E-state index >= 15 is 0 Å². The summed E-state index contributed by atoms with van der Waals surface area (Å²) in [6.45, 7) is 2.73. The summed E-state index contributed by atoms with van der Waals surface area (Å²) in [5, 5.41) is 7.64. The van der Waals surface area contributed by atoms with Gasteiger partial charge < -0.3 is 9.84 Å². The van der Waals surface area contributed by atoms with Gasteiger partial charge in [0.1, 0.15) is 11.4 Å². The summed E-state index contributed by atoms with van der Waals surface area (Å²) in [4.78, 5) is 4.04. The lowest BCUT2D eigenvalue weighted by molar-refractivity contribution is 0.406. The van der Waals surface area contributed by atoms with Crippen molar-refractivity contribution in [3.63, 3.8) is 0 Å². The van der Waals surface area contributed by atoms with Gasteiger partial charge in [-0.1, -0.05) is 22.8 Å². The van der Waals surface area contributed by atoms with Crippen molar-refractivity contribution in [2.75, 3.05) is 0 Å². The van der Waals surface area contributed by atoms with Crippen LogP contribution in [-0.2, 0) is 6.54 Å². The summed E-state index contributed by atoms with van der Waals surface area (Å²) in [6, 6.07) is 5.77. The number of nitrogens with one attached hydrogen (secondary N) is 1. The van der Waals surface area contributed by atoms with E-state index in [4.69, 9.17) is 16.1 Å². The molecule has 1 atom stereocenters. The van der Waals surface area contributed by atoms with E-state index in [1.807, 2.05) is 12.1 Å². The molecule has 0 aliphatic rings. The van der Waals surface area contributed by atoms with Crippen molar-refractivity contribution >= 4 is 11.6 Å². The van der Waals surface area contributed by atoms with Gasteiger partial charge in [-0.15, -0.1) is 0 Å². The maximum atomic E-state index is 5.72. The van der Waals surface area contributed by atoms with E-state index in [0.717, 1.165) is 11.3 Å². The molecule has 16 heavy (non-hydrogen) atoms. The molecule has 84 valence electrons. The van der Waals surface area contributed by atoms with Crippen molar-refractivity contribution in [1.82, 2.24) is 15.5 Å². The molecule has 2 aromatic heterocycles. The molecule has 0 bridgehead atoms. The van der Waals surface area contributed by atoms with Crippen LogP contribution in [-0.4, -0.2) is 10.1 Å². The minimum atomic E-state index is 0.196. The molecule has 0 saturated heterocycles. The number of rotatable bonds is 4. The number of halogens is 1. The Kier molecular flexibility index (Phi) is 3.54. The van der Waals surface area contributed by atoms with Gasteiger partial charge in [-0.2, -0.15) is 0 Å². The quantitative estimate of drug-likeness (QED) is 0.831. The molecule has 0 saturated carbocycles.